The zero-order chi connectivity index (χ0) is 20.1. The van der Waals surface area contributed by atoms with Crippen LogP contribution < -0.4 is 10.4 Å². The molecule has 6 nitrogen and oxygen atoms in total. The van der Waals surface area contributed by atoms with Crippen LogP contribution in [0.1, 0.15) is 52.0 Å². The maximum atomic E-state index is 12.6. The predicted octanol–water partition coefficient (Wildman–Crippen LogP) is 4.41. The monoisotopic (exact) mass is 385 g/mol. The summed E-state index contributed by atoms with van der Waals surface area (Å²) in [5, 5.41) is 0.879. The van der Waals surface area contributed by atoms with Gasteiger partial charge in [0.1, 0.15) is 23.0 Å². The van der Waals surface area contributed by atoms with Crippen LogP contribution in [0.5, 0.6) is 5.75 Å². The predicted molar refractivity (Wildman–Crippen MR) is 106 cm³/mol. The van der Waals surface area contributed by atoms with Crippen molar-refractivity contribution >= 4 is 17.1 Å². The number of hydrogen-bond acceptors (Lipinski definition) is 5. The van der Waals surface area contributed by atoms with Gasteiger partial charge >= 0.3 is 11.7 Å². The Labute approximate surface area is 164 Å². The molecule has 4 rings (SSSR count). The highest BCUT2D eigenvalue weighted by Gasteiger charge is 2.45. The molecule has 2 aliphatic rings. The minimum atomic E-state index is -0.489. The summed E-state index contributed by atoms with van der Waals surface area (Å²) in [6.45, 7) is 7.41. The van der Waals surface area contributed by atoms with E-state index in [1.807, 2.05) is 43.9 Å². The average Bonchev–Trinajstić information content (AvgIpc) is 2.86. The largest absolute Gasteiger partial charge is 0.490 e. The van der Waals surface area contributed by atoms with Crippen LogP contribution in [0.2, 0.25) is 0 Å². The number of ether oxygens (including phenoxy) is 2. The van der Waals surface area contributed by atoms with Gasteiger partial charge in [-0.05, 0) is 58.7 Å². The topological polar surface area (TPSA) is 69.0 Å². The molecule has 2 aliphatic heterocycles. The van der Waals surface area contributed by atoms with Gasteiger partial charge in [-0.3, -0.25) is 0 Å². The number of carbonyl (C=O) groups excluding carboxylic acids is 1. The van der Waals surface area contributed by atoms with Crippen molar-refractivity contribution in [2.75, 3.05) is 0 Å². The van der Waals surface area contributed by atoms with E-state index in [1.54, 1.807) is 13.0 Å². The second kappa shape index (κ2) is 6.83. The van der Waals surface area contributed by atoms with Crippen molar-refractivity contribution in [3.8, 4) is 5.75 Å². The summed E-state index contributed by atoms with van der Waals surface area (Å²) < 4.78 is 17.2. The molecule has 0 radical (unpaired) electrons. The maximum absolute atomic E-state index is 12.6. The third-order valence-corrected chi connectivity index (χ3v) is 5.48. The molecule has 2 unspecified atom stereocenters. The number of carbonyl (C=O) groups is 1. The van der Waals surface area contributed by atoms with Crippen molar-refractivity contribution < 1.29 is 18.7 Å². The van der Waals surface area contributed by atoms with Gasteiger partial charge in [0, 0.05) is 41.9 Å². The van der Waals surface area contributed by atoms with Crippen molar-refractivity contribution in [2.45, 2.75) is 77.2 Å². The van der Waals surface area contributed by atoms with Gasteiger partial charge in [0.15, 0.2) is 0 Å². The Morgan fingerprint density at radius 1 is 1.14 bits per heavy atom. The first-order chi connectivity index (χ1) is 13.2. The molecule has 6 heteroatoms. The molecule has 2 fully saturated rings. The van der Waals surface area contributed by atoms with Crippen LogP contribution in [0, 0.1) is 6.92 Å². The fourth-order valence-electron chi connectivity index (χ4n) is 4.30. The standard InChI is InChI=1S/C22H27NO5/c1-13-9-14-5-8-17(12-19(14)27-20(13)24)26-18-10-15-6-7-16(11-18)23(15)21(25)28-22(2,3)4/h5,8-9,12,15-16,18H,6-7,10-11H2,1-4H3. The Balaban J connectivity index is 1.47. The van der Waals surface area contributed by atoms with Gasteiger partial charge in [0.25, 0.3) is 0 Å². The summed E-state index contributed by atoms with van der Waals surface area (Å²) in [5.74, 6) is 0.689. The molecule has 0 spiro atoms. The van der Waals surface area contributed by atoms with Crippen LogP contribution in [0.3, 0.4) is 0 Å². The summed E-state index contributed by atoms with van der Waals surface area (Å²) >= 11 is 0. The molecule has 0 saturated carbocycles. The zero-order valence-electron chi connectivity index (χ0n) is 16.9. The van der Waals surface area contributed by atoms with Crippen molar-refractivity contribution in [3.05, 3.63) is 40.2 Å². The van der Waals surface area contributed by atoms with E-state index in [-0.39, 0.29) is 29.9 Å². The second-order valence-electron chi connectivity index (χ2n) is 8.90. The molecule has 0 aliphatic carbocycles. The van der Waals surface area contributed by atoms with Crippen LogP contribution in [-0.4, -0.2) is 34.8 Å². The highest BCUT2D eigenvalue weighted by Crippen LogP contribution is 2.38. The van der Waals surface area contributed by atoms with Gasteiger partial charge in [-0.1, -0.05) is 0 Å². The van der Waals surface area contributed by atoms with Crippen molar-refractivity contribution in [2.24, 2.45) is 0 Å². The zero-order valence-corrected chi connectivity index (χ0v) is 16.9. The third-order valence-electron chi connectivity index (χ3n) is 5.48. The van der Waals surface area contributed by atoms with Crippen LogP contribution >= 0.6 is 0 Å². The van der Waals surface area contributed by atoms with E-state index in [0.29, 0.717) is 16.9 Å². The molecule has 2 aromatic rings. The number of amides is 1. The summed E-state index contributed by atoms with van der Waals surface area (Å²) in [5.41, 5.74) is 0.305. The highest BCUT2D eigenvalue weighted by atomic mass is 16.6. The van der Waals surface area contributed by atoms with Crippen LogP contribution in [-0.2, 0) is 4.74 Å². The lowest BCUT2D eigenvalue weighted by atomic mass is 10.00. The summed E-state index contributed by atoms with van der Waals surface area (Å²) in [6.07, 6.45) is 3.34. The van der Waals surface area contributed by atoms with Crippen molar-refractivity contribution in [1.82, 2.24) is 4.90 Å². The van der Waals surface area contributed by atoms with Gasteiger partial charge in [-0.2, -0.15) is 0 Å². The number of benzene rings is 1. The summed E-state index contributed by atoms with van der Waals surface area (Å²) in [4.78, 5) is 26.2. The maximum Gasteiger partial charge on any atom is 0.410 e. The van der Waals surface area contributed by atoms with Crippen molar-refractivity contribution in [3.63, 3.8) is 0 Å². The molecule has 1 aromatic carbocycles. The number of piperidine rings is 1. The Kier molecular flexibility index (Phi) is 4.60. The Morgan fingerprint density at radius 2 is 1.82 bits per heavy atom. The fraction of sp³-hybridized carbons (Fsp3) is 0.545. The molecular formula is C22H27NO5. The van der Waals surface area contributed by atoms with E-state index in [2.05, 4.69) is 0 Å². The molecule has 150 valence electrons. The van der Waals surface area contributed by atoms with Crippen LogP contribution in [0.15, 0.2) is 33.5 Å². The first kappa shape index (κ1) is 18.8. The smallest absolute Gasteiger partial charge is 0.410 e. The molecule has 1 amide bonds. The molecule has 3 heterocycles. The number of hydrogen-bond donors (Lipinski definition) is 0. The number of aryl methyl sites for hydroxylation is 1. The molecular weight excluding hydrogens is 358 g/mol. The van der Waals surface area contributed by atoms with Gasteiger partial charge in [-0.15, -0.1) is 0 Å². The molecule has 2 saturated heterocycles. The minimum Gasteiger partial charge on any atom is -0.490 e. The van der Waals surface area contributed by atoms with E-state index in [0.717, 1.165) is 31.1 Å². The van der Waals surface area contributed by atoms with Crippen molar-refractivity contribution in [1.29, 1.82) is 0 Å². The fourth-order valence-corrected chi connectivity index (χ4v) is 4.30. The first-order valence-electron chi connectivity index (χ1n) is 9.92. The molecule has 2 atom stereocenters. The van der Waals surface area contributed by atoms with Gasteiger partial charge < -0.3 is 18.8 Å². The third kappa shape index (κ3) is 3.73. The number of fused-ring (bicyclic) bond motifs is 3. The van der Waals surface area contributed by atoms with E-state index in [9.17, 15) is 9.59 Å². The summed E-state index contributed by atoms with van der Waals surface area (Å²) in [6, 6.07) is 7.72. The lowest BCUT2D eigenvalue weighted by Gasteiger charge is -2.39. The van der Waals surface area contributed by atoms with E-state index in [1.165, 1.54) is 0 Å². The van der Waals surface area contributed by atoms with Gasteiger partial charge in [0.05, 0.1) is 0 Å². The average molecular weight is 385 g/mol. The lowest BCUT2D eigenvalue weighted by molar-refractivity contribution is -0.00706. The quantitative estimate of drug-likeness (QED) is 0.716. The van der Waals surface area contributed by atoms with E-state index < -0.39 is 5.60 Å². The normalized spacial score (nSPS) is 24.4. The molecule has 28 heavy (non-hydrogen) atoms. The second-order valence-corrected chi connectivity index (χ2v) is 8.90. The lowest BCUT2D eigenvalue weighted by Crippen LogP contribution is -2.50. The Bertz CT molecular complexity index is 944. The first-order valence-corrected chi connectivity index (χ1v) is 9.92. The van der Waals surface area contributed by atoms with Gasteiger partial charge in [-0.25, -0.2) is 9.59 Å². The van der Waals surface area contributed by atoms with E-state index >= 15 is 0 Å². The Hall–Kier alpha value is -2.50. The molecule has 1 aromatic heterocycles. The molecule has 0 N–H and O–H groups in total. The van der Waals surface area contributed by atoms with Crippen LogP contribution in [0.4, 0.5) is 4.79 Å². The van der Waals surface area contributed by atoms with Crippen LogP contribution in [0.25, 0.3) is 11.0 Å². The number of rotatable bonds is 2. The van der Waals surface area contributed by atoms with E-state index in [4.69, 9.17) is 13.9 Å². The minimum absolute atomic E-state index is 0.0332. The SMILES string of the molecule is Cc1cc2ccc(OC3CC4CCC(C3)N4C(=O)OC(C)(C)C)cc2oc1=O. The Morgan fingerprint density at radius 3 is 2.46 bits per heavy atom. The molecule has 2 bridgehead atoms. The summed E-state index contributed by atoms with van der Waals surface area (Å²) in [7, 11) is 0. The van der Waals surface area contributed by atoms with Gasteiger partial charge in [0.2, 0.25) is 0 Å². The highest BCUT2D eigenvalue weighted by molar-refractivity contribution is 5.78. The number of nitrogens with zero attached hydrogens (tertiary/aromatic N) is 1.